The summed E-state index contributed by atoms with van der Waals surface area (Å²) in [6, 6.07) is 6.30. The van der Waals surface area contributed by atoms with Crippen molar-refractivity contribution in [3.63, 3.8) is 0 Å². The van der Waals surface area contributed by atoms with Gasteiger partial charge in [0.25, 0.3) is 0 Å². The summed E-state index contributed by atoms with van der Waals surface area (Å²) in [5, 5.41) is 7.97. The zero-order chi connectivity index (χ0) is 17.2. The van der Waals surface area contributed by atoms with Crippen LogP contribution in [0, 0.1) is 0 Å². The minimum Gasteiger partial charge on any atom is -0.464 e. The molecule has 0 bridgehead atoms. The van der Waals surface area contributed by atoms with Gasteiger partial charge in [-0.25, -0.2) is 14.5 Å². The van der Waals surface area contributed by atoms with Crippen molar-refractivity contribution < 1.29 is 9.53 Å². The van der Waals surface area contributed by atoms with Crippen LogP contribution in [0.3, 0.4) is 0 Å². The molecule has 8 nitrogen and oxygen atoms in total. The van der Waals surface area contributed by atoms with Gasteiger partial charge in [-0.05, 0) is 25.0 Å². The molecule has 0 unspecified atom stereocenters. The first-order valence-electron chi connectivity index (χ1n) is 8.38. The van der Waals surface area contributed by atoms with Gasteiger partial charge in [0.05, 0.1) is 31.2 Å². The largest absolute Gasteiger partial charge is 0.464 e. The number of piperidine rings is 1. The minimum atomic E-state index is -0.448. The van der Waals surface area contributed by atoms with Gasteiger partial charge in [-0.15, -0.1) is 5.10 Å². The third kappa shape index (κ3) is 3.12. The van der Waals surface area contributed by atoms with Gasteiger partial charge in [0.2, 0.25) is 0 Å². The molecular weight excluding hydrogens is 320 g/mol. The van der Waals surface area contributed by atoms with Crippen molar-refractivity contribution >= 4 is 11.6 Å². The Bertz CT molecular complexity index is 878. The second kappa shape index (κ2) is 6.64. The number of nitrogens with zero attached hydrogens (tertiary/aromatic N) is 6. The summed E-state index contributed by atoms with van der Waals surface area (Å²) >= 11 is 0. The monoisotopic (exact) mass is 340 g/mol. The number of imidazole rings is 1. The lowest BCUT2D eigenvalue weighted by Gasteiger charge is -2.31. The van der Waals surface area contributed by atoms with Gasteiger partial charge in [0.1, 0.15) is 5.65 Å². The normalized spacial score (nSPS) is 16.4. The van der Waals surface area contributed by atoms with E-state index >= 15 is 0 Å². The number of hydrogen-bond donors (Lipinski definition) is 0. The Morgan fingerprint density at radius 1 is 1.32 bits per heavy atom. The van der Waals surface area contributed by atoms with Crippen LogP contribution in [0.5, 0.6) is 0 Å². The van der Waals surface area contributed by atoms with E-state index < -0.39 is 5.97 Å². The minimum absolute atomic E-state index is 0.260. The Balaban J connectivity index is 1.38. The van der Waals surface area contributed by atoms with Gasteiger partial charge in [0, 0.05) is 25.8 Å². The number of likely N-dealkylation sites (tertiary alicyclic amines) is 1. The van der Waals surface area contributed by atoms with Crippen LogP contribution in [0.4, 0.5) is 0 Å². The summed E-state index contributed by atoms with van der Waals surface area (Å²) in [5.41, 5.74) is 2.43. The predicted molar refractivity (Wildman–Crippen MR) is 90.1 cm³/mol. The summed E-state index contributed by atoms with van der Waals surface area (Å²) in [4.78, 5) is 18.4. The van der Waals surface area contributed by atoms with Crippen molar-refractivity contribution in [1.82, 2.24) is 29.3 Å². The van der Waals surface area contributed by atoms with Gasteiger partial charge in [-0.2, -0.15) is 0 Å². The zero-order valence-corrected chi connectivity index (χ0v) is 14.1. The number of aromatic nitrogens is 5. The van der Waals surface area contributed by atoms with Gasteiger partial charge >= 0.3 is 5.97 Å². The van der Waals surface area contributed by atoms with Crippen LogP contribution in [0.15, 0.2) is 36.8 Å². The summed E-state index contributed by atoms with van der Waals surface area (Å²) in [6.45, 7) is 2.82. The van der Waals surface area contributed by atoms with Crippen LogP contribution in [-0.2, 0) is 11.3 Å². The lowest BCUT2D eigenvalue weighted by atomic mass is 10.1. The molecule has 25 heavy (non-hydrogen) atoms. The van der Waals surface area contributed by atoms with E-state index in [0.29, 0.717) is 0 Å². The van der Waals surface area contributed by atoms with E-state index in [1.807, 2.05) is 30.6 Å². The van der Waals surface area contributed by atoms with E-state index in [2.05, 4.69) is 29.3 Å². The number of carbonyl (C=O) groups excluding carboxylic acids is 1. The van der Waals surface area contributed by atoms with Gasteiger partial charge in [-0.1, -0.05) is 11.3 Å². The van der Waals surface area contributed by atoms with Crippen molar-refractivity contribution in [2.24, 2.45) is 0 Å². The molecule has 1 saturated heterocycles. The fourth-order valence-corrected chi connectivity index (χ4v) is 3.33. The molecule has 8 heteroatoms. The molecule has 130 valence electrons. The Labute approximate surface area is 145 Å². The highest BCUT2D eigenvalue weighted by Crippen LogP contribution is 2.23. The number of fused-ring (bicyclic) bond motifs is 1. The third-order valence-electron chi connectivity index (χ3n) is 4.72. The first kappa shape index (κ1) is 15.8. The molecule has 0 radical (unpaired) electrons. The summed E-state index contributed by atoms with van der Waals surface area (Å²) in [5.74, 6) is -0.448. The van der Waals surface area contributed by atoms with Gasteiger partial charge in [-0.3, -0.25) is 4.90 Å². The molecule has 0 spiro atoms. The first-order valence-corrected chi connectivity index (χ1v) is 8.38. The summed E-state index contributed by atoms with van der Waals surface area (Å²) < 4.78 is 8.60. The summed E-state index contributed by atoms with van der Waals surface area (Å²) in [7, 11) is 1.35. The highest BCUT2D eigenvalue weighted by molar-refractivity contribution is 5.86. The average molecular weight is 340 g/mol. The van der Waals surface area contributed by atoms with Crippen molar-refractivity contribution in [2.45, 2.75) is 25.4 Å². The molecule has 4 rings (SSSR count). The van der Waals surface area contributed by atoms with E-state index in [1.54, 1.807) is 10.9 Å². The molecule has 0 saturated carbocycles. The van der Waals surface area contributed by atoms with E-state index in [1.165, 1.54) is 12.8 Å². The van der Waals surface area contributed by atoms with Crippen LogP contribution in [-0.4, -0.2) is 55.4 Å². The van der Waals surface area contributed by atoms with Crippen LogP contribution in [0.25, 0.3) is 5.65 Å². The fraction of sp³-hybridized carbons (Fsp3) is 0.412. The lowest BCUT2D eigenvalue weighted by Crippen LogP contribution is -2.34. The van der Waals surface area contributed by atoms with Crippen LogP contribution >= 0.6 is 0 Å². The molecule has 1 aliphatic rings. The molecule has 0 atom stereocenters. The third-order valence-corrected chi connectivity index (χ3v) is 4.72. The first-order chi connectivity index (χ1) is 12.2. The molecule has 0 aromatic carbocycles. The number of methoxy groups -OCH3 is 1. The number of ether oxygens (including phenoxy) is 1. The van der Waals surface area contributed by atoms with Gasteiger partial charge in [0.15, 0.2) is 5.69 Å². The number of hydrogen-bond acceptors (Lipinski definition) is 6. The van der Waals surface area contributed by atoms with E-state index in [9.17, 15) is 4.79 Å². The van der Waals surface area contributed by atoms with Crippen LogP contribution in [0.1, 0.15) is 35.1 Å². The molecule has 1 fully saturated rings. The maximum absolute atomic E-state index is 11.5. The van der Waals surface area contributed by atoms with Crippen molar-refractivity contribution in [2.75, 3.05) is 20.2 Å². The van der Waals surface area contributed by atoms with E-state index in [0.717, 1.165) is 38.1 Å². The van der Waals surface area contributed by atoms with E-state index in [-0.39, 0.29) is 11.7 Å². The SMILES string of the molecule is COC(=O)c1cn(C2CCN(Cc3cnc4ccccn34)CC2)nn1. The molecule has 0 amide bonds. The summed E-state index contributed by atoms with van der Waals surface area (Å²) in [6.07, 6.45) is 7.62. The number of pyridine rings is 1. The molecule has 4 heterocycles. The van der Waals surface area contributed by atoms with Gasteiger partial charge < -0.3 is 9.14 Å². The molecule has 3 aromatic rings. The number of rotatable bonds is 4. The quantitative estimate of drug-likeness (QED) is 0.671. The van der Waals surface area contributed by atoms with Crippen molar-refractivity contribution in [1.29, 1.82) is 0 Å². The Morgan fingerprint density at radius 2 is 2.16 bits per heavy atom. The Hall–Kier alpha value is -2.74. The fourth-order valence-electron chi connectivity index (χ4n) is 3.33. The topological polar surface area (TPSA) is 77.5 Å². The molecule has 1 aliphatic heterocycles. The molecular formula is C17H20N6O2. The van der Waals surface area contributed by atoms with Crippen molar-refractivity contribution in [3.05, 3.63) is 48.2 Å². The van der Waals surface area contributed by atoms with Crippen molar-refractivity contribution in [3.8, 4) is 0 Å². The highest BCUT2D eigenvalue weighted by atomic mass is 16.5. The van der Waals surface area contributed by atoms with E-state index in [4.69, 9.17) is 0 Å². The number of carbonyl (C=O) groups is 1. The van der Waals surface area contributed by atoms with Crippen LogP contribution < -0.4 is 0 Å². The molecule has 0 N–H and O–H groups in total. The highest BCUT2D eigenvalue weighted by Gasteiger charge is 2.23. The predicted octanol–water partition coefficient (Wildman–Crippen LogP) is 1.55. The molecule has 0 aliphatic carbocycles. The Morgan fingerprint density at radius 3 is 2.96 bits per heavy atom. The standard InChI is InChI=1S/C17H20N6O2/c1-25-17(24)15-12-23(20-19-15)13-5-8-21(9-6-13)11-14-10-18-16-4-2-3-7-22(14)16/h2-4,7,10,12-13H,5-6,8-9,11H2,1H3. The second-order valence-electron chi connectivity index (χ2n) is 6.26. The maximum Gasteiger partial charge on any atom is 0.360 e. The average Bonchev–Trinajstić information content (AvgIpc) is 3.30. The molecule has 3 aromatic heterocycles. The zero-order valence-electron chi connectivity index (χ0n) is 14.1. The number of esters is 1. The maximum atomic E-state index is 11.5. The smallest absolute Gasteiger partial charge is 0.360 e. The Kier molecular flexibility index (Phi) is 4.19. The van der Waals surface area contributed by atoms with Crippen LogP contribution in [0.2, 0.25) is 0 Å². The second-order valence-corrected chi connectivity index (χ2v) is 6.26. The lowest BCUT2D eigenvalue weighted by molar-refractivity contribution is 0.0594.